The number of nitrogens with two attached hydrogens (primary N) is 1. The van der Waals surface area contributed by atoms with E-state index in [1.165, 1.54) is 0 Å². The van der Waals surface area contributed by atoms with E-state index in [1.807, 2.05) is 30.6 Å². The Bertz CT molecular complexity index is 479. The first kappa shape index (κ1) is 11.9. The fourth-order valence-electron chi connectivity index (χ4n) is 1.74. The van der Waals surface area contributed by atoms with Crippen LogP contribution in [0.25, 0.3) is 0 Å². The van der Waals surface area contributed by atoms with E-state index in [4.69, 9.17) is 5.73 Å². The maximum atomic E-state index is 5.90. The zero-order valence-corrected chi connectivity index (χ0v) is 10.9. The van der Waals surface area contributed by atoms with Gasteiger partial charge in [0.05, 0.1) is 6.04 Å². The lowest BCUT2D eigenvalue weighted by molar-refractivity contribution is 0.741. The summed E-state index contributed by atoms with van der Waals surface area (Å²) < 4.78 is 0. The zero-order valence-electron chi connectivity index (χ0n) is 10.1. The van der Waals surface area contributed by atoms with Crippen LogP contribution in [0.1, 0.15) is 30.0 Å². The molecule has 1 aromatic heterocycles. The lowest BCUT2D eigenvalue weighted by Gasteiger charge is -2.18. The van der Waals surface area contributed by atoms with Gasteiger partial charge in [-0.15, -0.1) is 11.3 Å². The van der Waals surface area contributed by atoms with Crippen LogP contribution in [0.3, 0.4) is 0 Å². The van der Waals surface area contributed by atoms with Crippen LogP contribution in [0.5, 0.6) is 0 Å². The summed E-state index contributed by atoms with van der Waals surface area (Å²) in [5.74, 6) is 0. The maximum Gasteiger partial charge on any atom is 0.115 e. The van der Waals surface area contributed by atoms with Gasteiger partial charge >= 0.3 is 0 Å². The van der Waals surface area contributed by atoms with Crippen LogP contribution in [-0.2, 0) is 0 Å². The smallest absolute Gasteiger partial charge is 0.115 e. The molecule has 0 aliphatic carbocycles. The number of nitrogens with one attached hydrogen (secondary N) is 1. The Morgan fingerprint density at radius 1 is 1.47 bits per heavy atom. The van der Waals surface area contributed by atoms with E-state index in [9.17, 15) is 0 Å². The second-order valence-corrected chi connectivity index (χ2v) is 4.92. The van der Waals surface area contributed by atoms with Gasteiger partial charge in [-0.3, -0.25) is 0 Å². The van der Waals surface area contributed by atoms with E-state index in [0.717, 1.165) is 28.4 Å². The molecule has 1 aromatic carbocycles. The quantitative estimate of drug-likeness (QED) is 0.812. The molecule has 3 nitrogen and oxygen atoms in total. The Morgan fingerprint density at radius 2 is 2.29 bits per heavy atom. The molecule has 1 atom stereocenters. The molecule has 1 heterocycles. The number of nitrogen functional groups attached to an aromatic ring is 1. The molecular formula is C13H17N3S. The molecule has 17 heavy (non-hydrogen) atoms. The molecule has 0 aliphatic rings. The van der Waals surface area contributed by atoms with Crippen molar-refractivity contribution in [3.05, 3.63) is 40.3 Å². The molecule has 0 saturated heterocycles. The van der Waals surface area contributed by atoms with Gasteiger partial charge in [0.2, 0.25) is 0 Å². The average molecular weight is 247 g/mol. The van der Waals surface area contributed by atoms with Crippen molar-refractivity contribution in [2.24, 2.45) is 0 Å². The number of anilines is 2. The van der Waals surface area contributed by atoms with Crippen LogP contribution in [0.4, 0.5) is 11.4 Å². The van der Waals surface area contributed by atoms with E-state index >= 15 is 0 Å². The highest BCUT2D eigenvalue weighted by Crippen LogP contribution is 2.28. The molecule has 1 unspecified atom stereocenters. The van der Waals surface area contributed by atoms with Crippen molar-refractivity contribution in [1.82, 2.24) is 4.98 Å². The van der Waals surface area contributed by atoms with Gasteiger partial charge in [-0.2, -0.15) is 0 Å². The van der Waals surface area contributed by atoms with E-state index in [1.54, 1.807) is 11.3 Å². The van der Waals surface area contributed by atoms with Crippen molar-refractivity contribution in [3.8, 4) is 0 Å². The summed E-state index contributed by atoms with van der Waals surface area (Å²) in [7, 11) is 0. The van der Waals surface area contributed by atoms with Gasteiger partial charge in [-0.25, -0.2) is 4.98 Å². The minimum Gasteiger partial charge on any atom is -0.398 e. The summed E-state index contributed by atoms with van der Waals surface area (Å²) in [4.78, 5) is 4.36. The molecule has 90 valence electrons. The highest BCUT2D eigenvalue weighted by atomic mass is 32.1. The second-order valence-electron chi connectivity index (χ2n) is 4.00. The standard InChI is InChI=1S/C13H17N3S/c1-3-11(13-15-7-8-17-13)16-12-6-4-5-10(14)9(12)2/h4-8,11,16H,3,14H2,1-2H3. The fourth-order valence-corrected chi connectivity index (χ4v) is 2.52. The number of nitrogens with zero attached hydrogens (tertiary/aromatic N) is 1. The van der Waals surface area contributed by atoms with Gasteiger partial charge in [0.1, 0.15) is 5.01 Å². The van der Waals surface area contributed by atoms with E-state index in [2.05, 4.69) is 23.3 Å². The lowest BCUT2D eigenvalue weighted by Crippen LogP contribution is -2.10. The molecule has 0 spiro atoms. The van der Waals surface area contributed by atoms with Gasteiger partial charge in [-0.05, 0) is 31.0 Å². The summed E-state index contributed by atoms with van der Waals surface area (Å²) in [6, 6.07) is 6.21. The summed E-state index contributed by atoms with van der Waals surface area (Å²) in [6.07, 6.45) is 2.85. The summed E-state index contributed by atoms with van der Waals surface area (Å²) in [5, 5.41) is 6.63. The van der Waals surface area contributed by atoms with Crippen LogP contribution in [0, 0.1) is 6.92 Å². The van der Waals surface area contributed by atoms with Crippen molar-refractivity contribution >= 4 is 22.7 Å². The van der Waals surface area contributed by atoms with Crippen molar-refractivity contribution in [1.29, 1.82) is 0 Å². The zero-order chi connectivity index (χ0) is 12.3. The highest BCUT2D eigenvalue weighted by molar-refractivity contribution is 7.09. The first-order chi connectivity index (χ1) is 8.22. The van der Waals surface area contributed by atoms with Gasteiger partial charge < -0.3 is 11.1 Å². The van der Waals surface area contributed by atoms with E-state index < -0.39 is 0 Å². The normalized spacial score (nSPS) is 12.4. The number of hydrogen-bond acceptors (Lipinski definition) is 4. The van der Waals surface area contributed by atoms with Crippen molar-refractivity contribution in [2.75, 3.05) is 11.1 Å². The molecule has 4 heteroatoms. The SMILES string of the molecule is CCC(Nc1cccc(N)c1C)c1nccs1. The molecular weight excluding hydrogens is 230 g/mol. The molecule has 2 aromatic rings. The summed E-state index contributed by atoms with van der Waals surface area (Å²) in [6.45, 7) is 4.19. The Balaban J connectivity index is 2.22. The minimum atomic E-state index is 0.260. The Labute approximate surface area is 106 Å². The Kier molecular flexibility index (Phi) is 3.64. The van der Waals surface area contributed by atoms with Gasteiger partial charge in [-0.1, -0.05) is 13.0 Å². The number of thiazole rings is 1. The third kappa shape index (κ3) is 2.58. The number of rotatable bonds is 4. The first-order valence-electron chi connectivity index (χ1n) is 5.73. The molecule has 0 saturated carbocycles. The predicted molar refractivity (Wildman–Crippen MR) is 74.4 cm³/mol. The third-order valence-electron chi connectivity index (χ3n) is 2.86. The fraction of sp³-hybridized carbons (Fsp3) is 0.308. The molecule has 0 radical (unpaired) electrons. The monoisotopic (exact) mass is 247 g/mol. The lowest BCUT2D eigenvalue weighted by atomic mass is 10.1. The molecule has 0 fully saturated rings. The molecule has 3 N–H and O–H groups in total. The van der Waals surface area contributed by atoms with E-state index in [0.29, 0.717) is 0 Å². The first-order valence-corrected chi connectivity index (χ1v) is 6.61. The minimum absolute atomic E-state index is 0.260. The molecule has 0 aliphatic heterocycles. The predicted octanol–water partition coefficient (Wildman–Crippen LogP) is 3.60. The summed E-state index contributed by atoms with van der Waals surface area (Å²) in [5.41, 5.74) is 8.92. The van der Waals surface area contributed by atoms with Crippen molar-refractivity contribution < 1.29 is 0 Å². The number of hydrogen-bond donors (Lipinski definition) is 2. The molecule has 2 rings (SSSR count). The Hall–Kier alpha value is -1.55. The molecule has 0 amide bonds. The third-order valence-corrected chi connectivity index (χ3v) is 3.75. The van der Waals surface area contributed by atoms with Crippen LogP contribution in [0.15, 0.2) is 29.8 Å². The average Bonchev–Trinajstić information content (AvgIpc) is 2.85. The molecule has 0 bridgehead atoms. The van der Waals surface area contributed by atoms with E-state index in [-0.39, 0.29) is 6.04 Å². The maximum absolute atomic E-state index is 5.90. The van der Waals surface area contributed by atoms with Crippen LogP contribution in [0.2, 0.25) is 0 Å². The van der Waals surface area contributed by atoms with Gasteiger partial charge in [0, 0.05) is 23.0 Å². The summed E-state index contributed by atoms with van der Waals surface area (Å²) >= 11 is 1.68. The Morgan fingerprint density at radius 3 is 2.94 bits per heavy atom. The second kappa shape index (κ2) is 5.19. The van der Waals surface area contributed by atoms with Crippen LogP contribution >= 0.6 is 11.3 Å². The van der Waals surface area contributed by atoms with Crippen LogP contribution in [-0.4, -0.2) is 4.98 Å². The topological polar surface area (TPSA) is 50.9 Å². The number of benzene rings is 1. The number of aromatic nitrogens is 1. The van der Waals surface area contributed by atoms with Gasteiger partial charge in [0.15, 0.2) is 0 Å². The van der Waals surface area contributed by atoms with Crippen molar-refractivity contribution in [3.63, 3.8) is 0 Å². The van der Waals surface area contributed by atoms with Gasteiger partial charge in [0.25, 0.3) is 0 Å². The highest BCUT2D eigenvalue weighted by Gasteiger charge is 2.12. The van der Waals surface area contributed by atoms with Crippen LogP contribution < -0.4 is 11.1 Å². The largest absolute Gasteiger partial charge is 0.398 e. The van der Waals surface area contributed by atoms with Crippen molar-refractivity contribution in [2.45, 2.75) is 26.3 Å².